The minimum atomic E-state index is -0.762. The maximum absolute atomic E-state index is 10.5. The second-order valence-corrected chi connectivity index (χ2v) is 2.02. The van der Waals surface area contributed by atoms with Crippen LogP contribution in [0.5, 0.6) is 0 Å². The van der Waals surface area contributed by atoms with E-state index in [1.807, 2.05) is 6.07 Å². The molecule has 0 aliphatic carbocycles. The summed E-state index contributed by atoms with van der Waals surface area (Å²) in [5.41, 5.74) is 7.40. The van der Waals surface area contributed by atoms with Crippen LogP contribution in [0.2, 0.25) is 0 Å². The first-order chi connectivity index (χ1) is 5.24. The lowest BCUT2D eigenvalue weighted by Gasteiger charge is -1.92. The third-order valence-corrected chi connectivity index (χ3v) is 1.25. The lowest BCUT2D eigenvalue weighted by atomic mass is 10.1. The summed E-state index contributed by atoms with van der Waals surface area (Å²) in [6.07, 6.45) is 0. The molecule has 11 heavy (non-hydrogen) atoms. The average Bonchev–Trinajstić information content (AvgIpc) is 2.05. The van der Waals surface area contributed by atoms with Crippen molar-refractivity contribution in [2.75, 3.05) is 0 Å². The van der Waals surface area contributed by atoms with Gasteiger partial charge in [-0.1, -0.05) is 6.07 Å². The molecule has 3 nitrogen and oxygen atoms in total. The summed E-state index contributed by atoms with van der Waals surface area (Å²) in [5.74, 6) is -0.762. The number of nitrogens with one attached hydrogen (secondary N) is 1. The van der Waals surface area contributed by atoms with Crippen molar-refractivity contribution in [1.82, 2.24) is 5.73 Å². The van der Waals surface area contributed by atoms with Gasteiger partial charge in [-0.2, -0.15) is 5.26 Å². The maximum Gasteiger partial charge on any atom is 0.269 e. The predicted molar refractivity (Wildman–Crippen MR) is 38.6 cm³/mol. The third-order valence-electron chi connectivity index (χ3n) is 1.25. The van der Waals surface area contributed by atoms with Crippen LogP contribution in [0.15, 0.2) is 24.3 Å². The predicted octanol–water partition coefficient (Wildman–Crippen LogP) is 0.981. The van der Waals surface area contributed by atoms with Gasteiger partial charge in [0.15, 0.2) is 0 Å². The average molecular weight is 145 g/mol. The van der Waals surface area contributed by atoms with Crippen LogP contribution in [0.3, 0.4) is 0 Å². The SMILES string of the molecule is N#Cc1cccc(C([NH])=O)c1. The Labute approximate surface area is 64.1 Å². The lowest BCUT2D eigenvalue weighted by Crippen LogP contribution is -1.98. The zero-order chi connectivity index (χ0) is 8.27. The normalized spacial score (nSPS) is 8.64. The van der Waals surface area contributed by atoms with E-state index in [0.29, 0.717) is 5.56 Å². The van der Waals surface area contributed by atoms with E-state index in [1.165, 1.54) is 12.1 Å². The quantitative estimate of drug-likeness (QED) is 0.591. The topological polar surface area (TPSA) is 64.7 Å². The summed E-state index contributed by atoms with van der Waals surface area (Å²) in [6.45, 7) is 0. The second kappa shape index (κ2) is 2.84. The summed E-state index contributed by atoms with van der Waals surface area (Å²) >= 11 is 0. The van der Waals surface area contributed by atoms with E-state index in [2.05, 4.69) is 0 Å². The number of nitrogens with zero attached hydrogens (tertiary/aromatic N) is 1. The molecule has 3 heteroatoms. The molecule has 0 spiro atoms. The molecule has 0 aliphatic rings. The van der Waals surface area contributed by atoms with Gasteiger partial charge in [-0.15, -0.1) is 0 Å². The van der Waals surface area contributed by atoms with Crippen molar-refractivity contribution < 1.29 is 4.79 Å². The number of benzene rings is 1. The highest BCUT2D eigenvalue weighted by Crippen LogP contribution is 2.02. The molecular formula is C8H5N2O. The van der Waals surface area contributed by atoms with Gasteiger partial charge < -0.3 is 0 Å². The Balaban J connectivity index is 3.13. The fourth-order valence-corrected chi connectivity index (χ4v) is 0.730. The van der Waals surface area contributed by atoms with E-state index >= 15 is 0 Å². The zero-order valence-electron chi connectivity index (χ0n) is 5.66. The van der Waals surface area contributed by atoms with Crippen LogP contribution < -0.4 is 5.73 Å². The summed E-state index contributed by atoms with van der Waals surface area (Å²) in [4.78, 5) is 10.5. The molecule has 0 bridgehead atoms. The molecule has 53 valence electrons. The first kappa shape index (κ1) is 7.29. The molecule has 1 amide bonds. The van der Waals surface area contributed by atoms with Gasteiger partial charge in [0.25, 0.3) is 5.91 Å². The van der Waals surface area contributed by atoms with Gasteiger partial charge >= 0.3 is 0 Å². The van der Waals surface area contributed by atoms with Crippen molar-refractivity contribution in [1.29, 1.82) is 5.26 Å². The molecular weight excluding hydrogens is 140 g/mol. The number of hydrogen-bond donors (Lipinski definition) is 0. The fraction of sp³-hybridized carbons (Fsp3) is 0. The number of rotatable bonds is 1. The minimum Gasteiger partial charge on any atom is -0.267 e. The largest absolute Gasteiger partial charge is 0.269 e. The Hall–Kier alpha value is -1.82. The van der Waals surface area contributed by atoms with Crippen molar-refractivity contribution in [3.8, 4) is 6.07 Å². The van der Waals surface area contributed by atoms with Gasteiger partial charge in [-0.25, -0.2) is 0 Å². The molecule has 0 saturated heterocycles. The molecule has 0 saturated carbocycles. The Kier molecular flexibility index (Phi) is 1.88. The Morgan fingerprint density at radius 1 is 1.55 bits per heavy atom. The molecule has 1 aromatic rings. The van der Waals surface area contributed by atoms with E-state index in [-0.39, 0.29) is 5.56 Å². The fourth-order valence-electron chi connectivity index (χ4n) is 0.730. The Morgan fingerprint density at radius 2 is 2.27 bits per heavy atom. The van der Waals surface area contributed by atoms with Gasteiger partial charge in [0.2, 0.25) is 0 Å². The highest BCUT2D eigenvalue weighted by atomic mass is 16.1. The molecule has 1 aromatic carbocycles. The van der Waals surface area contributed by atoms with Crippen LogP contribution in [0, 0.1) is 11.3 Å². The van der Waals surface area contributed by atoms with E-state index in [9.17, 15) is 4.79 Å². The lowest BCUT2D eigenvalue weighted by molar-refractivity contribution is 0.0992. The number of amides is 1. The molecule has 0 aliphatic heterocycles. The molecule has 0 fully saturated rings. The Morgan fingerprint density at radius 3 is 2.82 bits per heavy atom. The van der Waals surface area contributed by atoms with Crippen LogP contribution in [0.25, 0.3) is 0 Å². The highest BCUT2D eigenvalue weighted by molar-refractivity contribution is 5.92. The molecule has 0 atom stereocenters. The minimum absolute atomic E-state index is 0.254. The van der Waals surface area contributed by atoms with Gasteiger partial charge in [-0.3, -0.25) is 10.5 Å². The number of nitriles is 1. The first-order valence-electron chi connectivity index (χ1n) is 3.00. The van der Waals surface area contributed by atoms with Gasteiger partial charge in [0.05, 0.1) is 11.6 Å². The smallest absolute Gasteiger partial charge is 0.267 e. The summed E-state index contributed by atoms with van der Waals surface area (Å²) in [7, 11) is 0. The molecule has 0 aromatic heterocycles. The number of hydrogen-bond acceptors (Lipinski definition) is 2. The van der Waals surface area contributed by atoms with Crippen molar-refractivity contribution in [2.24, 2.45) is 0 Å². The summed E-state index contributed by atoms with van der Waals surface area (Å²) in [5, 5.41) is 8.42. The highest BCUT2D eigenvalue weighted by Gasteiger charge is 1.99. The summed E-state index contributed by atoms with van der Waals surface area (Å²) < 4.78 is 0. The van der Waals surface area contributed by atoms with Crippen LogP contribution in [-0.4, -0.2) is 5.91 Å². The molecule has 1 N–H and O–H groups in total. The van der Waals surface area contributed by atoms with Crippen LogP contribution in [-0.2, 0) is 0 Å². The van der Waals surface area contributed by atoms with Crippen LogP contribution >= 0.6 is 0 Å². The van der Waals surface area contributed by atoms with Gasteiger partial charge in [0.1, 0.15) is 0 Å². The van der Waals surface area contributed by atoms with Crippen LogP contribution in [0.1, 0.15) is 15.9 Å². The third kappa shape index (κ3) is 1.55. The Bertz CT molecular complexity index is 325. The van der Waals surface area contributed by atoms with Crippen LogP contribution in [0.4, 0.5) is 0 Å². The van der Waals surface area contributed by atoms with Crippen molar-refractivity contribution in [3.63, 3.8) is 0 Å². The standard InChI is InChI=1S/C8H5N2O/c9-5-6-2-1-3-7(4-6)8(10)11/h1-4,10H. The molecule has 0 unspecified atom stereocenters. The monoisotopic (exact) mass is 145 g/mol. The number of carbonyl (C=O) groups excluding carboxylic acids is 1. The first-order valence-corrected chi connectivity index (χ1v) is 3.00. The van der Waals surface area contributed by atoms with Gasteiger partial charge in [0, 0.05) is 5.56 Å². The van der Waals surface area contributed by atoms with Crippen molar-refractivity contribution in [2.45, 2.75) is 0 Å². The van der Waals surface area contributed by atoms with E-state index < -0.39 is 5.91 Å². The van der Waals surface area contributed by atoms with E-state index in [0.717, 1.165) is 0 Å². The maximum atomic E-state index is 10.5. The van der Waals surface area contributed by atoms with Gasteiger partial charge in [-0.05, 0) is 18.2 Å². The van der Waals surface area contributed by atoms with Crippen molar-refractivity contribution in [3.05, 3.63) is 35.4 Å². The molecule has 0 heterocycles. The molecule has 1 radical (unpaired) electrons. The summed E-state index contributed by atoms with van der Waals surface area (Å²) in [6, 6.07) is 7.97. The zero-order valence-corrected chi connectivity index (χ0v) is 5.66. The van der Waals surface area contributed by atoms with E-state index in [4.69, 9.17) is 11.0 Å². The molecule has 1 rings (SSSR count). The van der Waals surface area contributed by atoms with Crippen molar-refractivity contribution >= 4 is 5.91 Å². The second-order valence-electron chi connectivity index (χ2n) is 2.02. The number of carbonyl (C=O) groups is 1. The van der Waals surface area contributed by atoms with E-state index in [1.54, 1.807) is 12.1 Å².